The molecule has 0 aliphatic carbocycles. The Bertz CT molecular complexity index is 539. The first-order valence-corrected chi connectivity index (χ1v) is 5.66. The van der Waals surface area contributed by atoms with Gasteiger partial charge in [0.25, 0.3) is 0 Å². The number of halogens is 2. The molecule has 0 spiro atoms. The standard InChI is InChI=1S/C12H12ClFN2O/c1-2-16-4-3-15-12(16)6-8-5-9(13)11(17)7-10(8)14/h3-5,7,17H,2,6H2,1H3. The fourth-order valence-electron chi connectivity index (χ4n) is 1.68. The van der Waals surface area contributed by atoms with E-state index < -0.39 is 5.82 Å². The molecule has 0 saturated carbocycles. The molecule has 0 aliphatic heterocycles. The maximum atomic E-state index is 13.6. The van der Waals surface area contributed by atoms with Gasteiger partial charge in [-0.15, -0.1) is 0 Å². The molecule has 1 aromatic carbocycles. The summed E-state index contributed by atoms with van der Waals surface area (Å²) < 4.78 is 15.5. The molecule has 0 amide bonds. The molecule has 1 N–H and O–H groups in total. The number of aromatic hydroxyl groups is 1. The quantitative estimate of drug-likeness (QED) is 0.914. The summed E-state index contributed by atoms with van der Waals surface area (Å²) >= 11 is 5.76. The minimum absolute atomic E-state index is 0.149. The van der Waals surface area contributed by atoms with Crippen molar-refractivity contribution < 1.29 is 9.50 Å². The number of phenolic OH excluding ortho intramolecular Hbond substituents is 1. The van der Waals surface area contributed by atoms with Crippen molar-refractivity contribution in [2.24, 2.45) is 0 Å². The van der Waals surface area contributed by atoms with Gasteiger partial charge < -0.3 is 9.67 Å². The van der Waals surface area contributed by atoms with Crippen LogP contribution in [0.3, 0.4) is 0 Å². The van der Waals surface area contributed by atoms with Crippen LogP contribution in [-0.2, 0) is 13.0 Å². The molecular formula is C12H12ClFN2O. The second kappa shape index (κ2) is 4.75. The molecule has 0 bridgehead atoms. The summed E-state index contributed by atoms with van der Waals surface area (Å²) in [5.74, 6) is 0.0532. The highest BCUT2D eigenvalue weighted by atomic mass is 35.5. The minimum atomic E-state index is -0.474. The van der Waals surface area contributed by atoms with Crippen LogP contribution in [0.4, 0.5) is 4.39 Å². The number of aromatic nitrogens is 2. The van der Waals surface area contributed by atoms with E-state index >= 15 is 0 Å². The monoisotopic (exact) mass is 254 g/mol. The average molecular weight is 255 g/mol. The third-order valence-electron chi connectivity index (χ3n) is 2.61. The summed E-state index contributed by atoms with van der Waals surface area (Å²) in [6.07, 6.45) is 3.88. The summed E-state index contributed by atoms with van der Waals surface area (Å²) in [5, 5.41) is 9.41. The van der Waals surface area contributed by atoms with Gasteiger partial charge in [0, 0.05) is 31.4 Å². The zero-order chi connectivity index (χ0) is 12.4. The lowest BCUT2D eigenvalue weighted by Crippen LogP contribution is -2.03. The van der Waals surface area contributed by atoms with Gasteiger partial charge in [0.05, 0.1) is 5.02 Å². The van der Waals surface area contributed by atoms with Crippen molar-refractivity contribution in [3.63, 3.8) is 0 Å². The third-order valence-corrected chi connectivity index (χ3v) is 2.91. The molecule has 17 heavy (non-hydrogen) atoms. The maximum absolute atomic E-state index is 13.6. The predicted octanol–water partition coefficient (Wildman–Crippen LogP) is 2.99. The van der Waals surface area contributed by atoms with Crippen molar-refractivity contribution in [1.29, 1.82) is 0 Å². The van der Waals surface area contributed by atoms with Crippen molar-refractivity contribution in [3.8, 4) is 5.75 Å². The Morgan fingerprint density at radius 1 is 1.47 bits per heavy atom. The number of rotatable bonds is 3. The van der Waals surface area contributed by atoms with Crippen molar-refractivity contribution >= 4 is 11.6 Å². The second-order valence-corrected chi connectivity index (χ2v) is 4.11. The smallest absolute Gasteiger partial charge is 0.137 e. The third kappa shape index (κ3) is 2.42. The number of imidazole rings is 1. The Hall–Kier alpha value is -1.55. The van der Waals surface area contributed by atoms with Gasteiger partial charge >= 0.3 is 0 Å². The first-order valence-electron chi connectivity index (χ1n) is 5.28. The molecule has 0 fully saturated rings. The van der Waals surface area contributed by atoms with E-state index in [1.54, 1.807) is 6.20 Å². The van der Waals surface area contributed by atoms with Crippen LogP contribution in [0.25, 0.3) is 0 Å². The second-order valence-electron chi connectivity index (χ2n) is 3.70. The summed E-state index contributed by atoms with van der Waals surface area (Å²) in [6.45, 7) is 2.77. The molecule has 90 valence electrons. The van der Waals surface area contributed by atoms with Gasteiger partial charge in [-0.05, 0) is 18.6 Å². The number of nitrogens with zero attached hydrogens (tertiary/aromatic N) is 2. The Labute approximate surface area is 103 Å². The van der Waals surface area contributed by atoms with E-state index in [9.17, 15) is 9.50 Å². The maximum Gasteiger partial charge on any atom is 0.137 e. The molecule has 0 aliphatic rings. The van der Waals surface area contributed by atoms with E-state index in [4.69, 9.17) is 11.6 Å². The van der Waals surface area contributed by atoms with Gasteiger partial charge in [0.15, 0.2) is 0 Å². The highest BCUT2D eigenvalue weighted by Crippen LogP contribution is 2.27. The molecule has 0 atom stereocenters. The summed E-state index contributed by atoms with van der Waals surface area (Å²) in [4.78, 5) is 4.17. The van der Waals surface area contributed by atoms with Crippen LogP contribution in [-0.4, -0.2) is 14.7 Å². The normalized spacial score (nSPS) is 10.8. The molecule has 0 radical (unpaired) electrons. The average Bonchev–Trinajstić information content (AvgIpc) is 2.73. The van der Waals surface area contributed by atoms with Crippen LogP contribution in [0, 0.1) is 5.82 Å². The van der Waals surface area contributed by atoms with Gasteiger partial charge in [-0.25, -0.2) is 9.37 Å². The van der Waals surface area contributed by atoms with E-state index in [0.29, 0.717) is 12.0 Å². The first-order chi connectivity index (χ1) is 8.11. The van der Waals surface area contributed by atoms with E-state index in [2.05, 4.69) is 4.98 Å². The molecule has 2 aromatic rings. The van der Waals surface area contributed by atoms with Crippen LogP contribution >= 0.6 is 11.6 Å². The zero-order valence-electron chi connectivity index (χ0n) is 9.32. The van der Waals surface area contributed by atoms with E-state index in [1.807, 2.05) is 17.7 Å². The highest BCUT2D eigenvalue weighted by Gasteiger charge is 2.11. The molecule has 3 nitrogen and oxygen atoms in total. The Morgan fingerprint density at radius 2 is 2.24 bits per heavy atom. The molecule has 2 rings (SSSR count). The van der Waals surface area contributed by atoms with Gasteiger partial charge in [-0.1, -0.05) is 11.6 Å². The van der Waals surface area contributed by atoms with Crippen LogP contribution in [0.2, 0.25) is 5.02 Å². The fourth-order valence-corrected chi connectivity index (χ4v) is 1.86. The van der Waals surface area contributed by atoms with Gasteiger partial charge in [-0.3, -0.25) is 0 Å². The highest BCUT2D eigenvalue weighted by molar-refractivity contribution is 6.32. The number of benzene rings is 1. The molecular weight excluding hydrogens is 243 g/mol. The van der Waals surface area contributed by atoms with E-state index in [0.717, 1.165) is 18.4 Å². The number of hydrogen-bond acceptors (Lipinski definition) is 2. The van der Waals surface area contributed by atoms with Crippen LogP contribution in [0.1, 0.15) is 18.3 Å². The topological polar surface area (TPSA) is 38.0 Å². The van der Waals surface area contributed by atoms with Crippen molar-refractivity contribution in [2.45, 2.75) is 19.9 Å². The number of phenols is 1. The van der Waals surface area contributed by atoms with Crippen LogP contribution in [0.5, 0.6) is 5.75 Å². The molecule has 1 heterocycles. The van der Waals surface area contributed by atoms with Gasteiger partial charge in [-0.2, -0.15) is 0 Å². The summed E-state index contributed by atoms with van der Waals surface area (Å²) in [6, 6.07) is 2.46. The number of aryl methyl sites for hydroxylation is 1. The van der Waals surface area contributed by atoms with E-state index in [1.165, 1.54) is 6.07 Å². The molecule has 5 heteroatoms. The Kier molecular flexibility index (Phi) is 3.33. The lowest BCUT2D eigenvalue weighted by Gasteiger charge is -2.07. The molecule has 0 unspecified atom stereocenters. The minimum Gasteiger partial charge on any atom is -0.506 e. The SMILES string of the molecule is CCn1ccnc1Cc1cc(Cl)c(O)cc1F. The summed E-state index contributed by atoms with van der Waals surface area (Å²) in [7, 11) is 0. The zero-order valence-corrected chi connectivity index (χ0v) is 10.1. The lowest BCUT2D eigenvalue weighted by atomic mass is 10.1. The fraction of sp³-hybridized carbons (Fsp3) is 0.250. The Balaban J connectivity index is 2.33. The predicted molar refractivity (Wildman–Crippen MR) is 63.8 cm³/mol. The van der Waals surface area contributed by atoms with Crippen LogP contribution in [0.15, 0.2) is 24.5 Å². The molecule has 1 aromatic heterocycles. The summed E-state index contributed by atoms with van der Waals surface area (Å²) in [5.41, 5.74) is 0.425. The Morgan fingerprint density at radius 3 is 2.94 bits per heavy atom. The van der Waals surface area contributed by atoms with E-state index in [-0.39, 0.29) is 10.8 Å². The molecule has 0 saturated heterocycles. The number of hydrogen-bond donors (Lipinski definition) is 1. The lowest BCUT2D eigenvalue weighted by molar-refractivity contribution is 0.468. The van der Waals surface area contributed by atoms with Crippen molar-refractivity contribution in [3.05, 3.63) is 46.8 Å². The van der Waals surface area contributed by atoms with Crippen molar-refractivity contribution in [2.75, 3.05) is 0 Å². The first kappa shape index (κ1) is 11.9. The van der Waals surface area contributed by atoms with Crippen molar-refractivity contribution in [1.82, 2.24) is 9.55 Å². The van der Waals surface area contributed by atoms with Crippen LogP contribution < -0.4 is 0 Å². The largest absolute Gasteiger partial charge is 0.506 e. The van der Waals surface area contributed by atoms with Gasteiger partial charge in [0.1, 0.15) is 17.4 Å². The van der Waals surface area contributed by atoms with Gasteiger partial charge in [0.2, 0.25) is 0 Å².